The maximum absolute atomic E-state index is 12.5. The van der Waals surface area contributed by atoms with Crippen LogP contribution in [0.15, 0.2) is 29.2 Å². The molecule has 1 heterocycles. The molecule has 2 rings (SSSR count). The molecule has 3 N–H and O–H groups in total. The van der Waals surface area contributed by atoms with Gasteiger partial charge in [0, 0.05) is 18.2 Å². The van der Waals surface area contributed by atoms with Crippen LogP contribution in [0.5, 0.6) is 0 Å². The fourth-order valence-corrected chi connectivity index (χ4v) is 4.15. The molecule has 0 bridgehead atoms. The highest BCUT2D eigenvalue weighted by Crippen LogP contribution is 2.27. The van der Waals surface area contributed by atoms with Gasteiger partial charge in [-0.15, -0.1) is 0 Å². The lowest BCUT2D eigenvalue weighted by Crippen LogP contribution is -2.36. The predicted octanol–water partition coefficient (Wildman–Crippen LogP) is 0.413. The summed E-state index contributed by atoms with van der Waals surface area (Å²) in [5.74, 6) is -1.66. The van der Waals surface area contributed by atoms with Crippen molar-refractivity contribution in [3.05, 3.63) is 29.8 Å². The van der Waals surface area contributed by atoms with Gasteiger partial charge >= 0.3 is 5.97 Å². The summed E-state index contributed by atoms with van der Waals surface area (Å²) in [5.41, 5.74) is 5.33. The molecule has 1 aliphatic rings. The number of carboxylic acid groups (broad SMARTS) is 1. The number of sulfonamides is 1. The molecule has 1 amide bonds. The van der Waals surface area contributed by atoms with Gasteiger partial charge in [0.05, 0.1) is 11.3 Å². The highest BCUT2D eigenvalue weighted by Gasteiger charge is 2.36. The summed E-state index contributed by atoms with van der Waals surface area (Å²) in [6, 6.07) is 4.79. The standard InChI is InChI=1S/C13H16N2O5S/c14-13(18)9-3-5-11(6-4-9)21(19,20)15-7-1-2-10(15)8-12(16)17/h3-6,10H,1-2,7-8H2,(H2,14,18)(H,16,17). The summed E-state index contributed by atoms with van der Waals surface area (Å²) < 4.78 is 26.3. The highest BCUT2D eigenvalue weighted by molar-refractivity contribution is 7.89. The summed E-state index contributed by atoms with van der Waals surface area (Å²) in [4.78, 5) is 21.8. The average Bonchev–Trinajstić information content (AvgIpc) is 2.86. The van der Waals surface area contributed by atoms with Crippen LogP contribution in [-0.2, 0) is 14.8 Å². The zero-order valence-electron chi connectivity index (χ0n) is 11.2. The van der Waals surface area contributed by atoms with Crippen LogP contribution >= 0.6 is 0 Å². The van der Waals surface area contributed by atoms with E-state index in [9.17, 15) is 18.0 Å². The molecule has 8 heteroatoms. The van der Waals surface area contributed by atoms with E-state index in [2.05, 4.69) is 0 Å². The summed E-state index contributed by atoms with van der Waals surface area (Å²) >= 11 is 0. The van der Waals surface area contributed by atoms with E-state index in [-0.39, 0.29) is 16.9 Å². The topological polar surface area (TPSA) is 118 Å². The second-order valence-corrected chi connectivity index (χ2v) is 6.79. The van der Waals surface area contributed by atoms with Crippen LogP contribution in [0.3, 0.4) is 0 Å². The molecule has 21 heavy (non-hydrogen) atoms. The Morgan fingerprint density at radius 3 is 2.43 bits per heavy atom. The van der Waals surface area contributed by atoms with Gasteiger partial charge in [0.15, 0.2) is 0 Å². The molecule has 1 unspecified atom stereocenters. The first-order chi connectivity index (χ1) is 9.82. The molecule has 7 nitrogen and oxygen atoms in total. The first-order valence-corrected chi connectivity index (χ1v) is 7.90. The van der Waals surface area contributed by atoms with Crippen molar-refractivity contribution >= 4 is 21.9 Å². The minimum absolute atomic E-state index is 0.0322. The quantitative estimate of drug-likeness (QED) is 0.816. The van der Waals surface area contributed by atoms with Gasteiger partial charge in [-0.2, -0.15) is 4.31 Å². The second-order valence-electron chi connectivity index (χ2n) is 4.90. The molecule has 0 aliphatic carbocycles. The molecule has 0 saturated carbocycles. The monoisotopic (exact) mass is 312 g/mol. The number of nitrogens with zero attached hydrogens (tertiary/aromatic N) is 1. The van der Waals surface area contributed by atoms with Crippen LogP contribution in [0.25, 0.3) is 0 Å². The Morgan fingerprint density at radius 1 is 1.29 bits per heavy atom. The van der Waals surface area contributed by atoms with Crippen molar-refractivity contribution in [1.29, 1.82) is 0 Å². The molecule has 1 aromatic carbocycles. The van der Waals surface area contributed by atoms with Crippen molar-refractivity contribution in [2.24, 2.45) is 5.73 Å². The van der Waals surface area contributed by atoms with Crippen molar-refractivity contribution in [3.63, 3.8) is 0 Å². The van der Waals surface area contributed by atoms with E-state index in [0.29, 0.717) is 19.4 Å². The summed E-state index contributed by atoms with van der Waals surface area (Å²) in [7, 11) is -3.76. The lowest BCUT2D eigenvalue weighted by Gasteiger charge is -2.22. The fraction of sp³-hybridized carbons (Fsp3) is 0.385. The highest BCUT2D eigenvalue weighted by atomic mass is 32.2. The van der Waals surface area contributed by atoms with Crippen LogP contribution in [0.4, 0.5) is 0 Å². The Bertz CT molecular complexity index is 654. The third-order valence-corrected chi connectivity index (χ3v) is 5.44. The molecule has 1 atom stereocenters. The Hall–Kier alpha value is -1.93. The van der Waals surface area contributed by atoms with Crippen LogP contribution < -0.4 is 5.73 Å². The van der Waals surface area contributed by atoms with Gasteiger partial charge in [0.1, 0.15) is 0 Å². The molecule has 114 valence electrons. The van der Waals surface area contributed by atoms with E-state index in [0.717, 1.165) is 0 Å². The molecule has 1 aliphatic heterocycles. The average molecular weight is 312 g/mol. The first-order valence-electron chi connectivity index (χ1n) is 6.46. The summed E-state index contributed by atoms with van der Waals surface area (Å²) in [5, 5.41) is 8.85. The van der Waals surface area contributed by atoms with Crippen molar-refractivity contribution < 1.29 is 23.1 Å². The Kier molecular flexibility index (Phi) is 4.29. The number of amides is 1. The molecule has 0 aromatic heterocycles. The summed E-state index contributed by atoms with van der Waals surface area (Å²) in [6.45, 7) is 0.303. The van der Waals surface area contributed by atoms with E-state index < -0.39 is 27.9 Å². The van der Waals surface area contributed by atoms with E-state index in [1.807, 2.05) is 0 Å². The van der Waals surface area contributed by atoms with Gasteiger partial charge in [-0.05, 0) is 37.1 Å². The van der Waals surface area contributed by atoms with Gasteiger partial charge in [-0.25, -0.2) is 8.42 Å². The Morgan fingerprint density at radius 2 is 1.90 bits per heavy atom. The maximum Gasteiger partial charge on any atom is 0.304 e. The SMILES string of the molecule is NC(=O)c1ccc(S(=O)(=O)N2CCCC2CC(=O)O)cc1. The number of carbonyl (C=O) groups excluding carboxylic acids is 1. The number of hydrogen-bond donors (Lipinski definition) is 2. The zero-order chi connectivity index (χ0) is 15.6. The second kappa shape index (κ2) is 5.82. The smallest absolute Gasteiger partial charge is 0.304 e. The molecular weight excluding hydrogens is 296 g/mol. The number of carbonyl (C=O) groups is 2. The third-order valence-electron chi connectivity index (χ3n) is 3.48. The van der Waals surface area contributed by atoms with E-state index in [1.165, 1.54) is 28.6 Å². The third kappa shape index (κ3) is 3.22. The fourth-order valence-electron chi connectivity index (χ4n) is 2.46. The molecule has 1 fully saturated rings. The van der Waals surface area contributed by atoms with Crippen molar-refractivity contribution in [3.8, 4) is 0 Å². The number of hydrogen-bond acceptors (Lipinski definition) is 4. The van der Waals surface area contributed by atoms with Gasteiger partial charge in [0.25, 0.3) is 0 Å². The summed E-state index contributed by atoms with van der Waals surface area (Å²) in [6.07, 6.45) is 0.958. The molecule has 0 radical (unpaired) electrons. The van der Waals surface area contributed by atoms with Crippen molar-refractivity contribution in [2.75, 3.05) is 6.54 Å². The van der Waals surface area contributed by atoms with E-state index >= 15 is 0 Å². The molecular formula is C13H16N2O5S. The largest absolute Gasteiger partial charge is 0.481 e. The minimum Gasteiger partial charge on any atom is -0.481 e. The van der Waals surface area contributed by atoms with Gasteiger partial charge in [-0.3, -0.25) is 9.59 Å². The Labute approximate surface area is 122 Å². The number of nitrogens with two attached hydrogens (primary N) is 1. The van der Waals surface area contributed by atoms with Gasteiger partial charge in [-0.1, -0.05) is 0 Å². The molecule has 1 aromatic rings. The van der Waals surface area contributed by atoms with Crippen LogP contribution in [0, 0.1) is 0 Å². The number of carboxylic acids is 1. The molecule has 1 saturated heterocycles. The van der Waals surface area contributed by atoms with Crippen LogP contribution in [-0.4, -0.2) is 42.3 Å². The van der Waals surface area contributed by atoms with Crippen molar-refractivity contribution in [2.45, 2.75) is 30.2 Å². The molecule has 0 spiro atoms. The van der Waals surface area contributed by atoms with E-state index in [4.69, 9.17) is 10.8 Å². The van der Waals surface area contributed by atoms with Crippen LogP contribution in [0.2, 0.25) is 0 Å². The maximum atomic E-state index is 12.5. The van der Waals surface area contributed by atoms with Crippen LogP contribution in [0.1, 0.15) is 29.6 Å². The number of primary amides is 1. The normalized spacial score (nSPS) is 19.5. The lowest BCUT2D eigenvalue weighted by molar-refractivity contribution is -0.137. The zero-order valence-corrected chi connectivity index (χ0v) is 12.0. The predicted molar refractivity (Wildman–Crippen MR) is 74.1 cm³/mol. The number of benzene rings is 1. The van der Waals surface area contributed by atoms with Crippen molar-refractivity contribution in [1.82, 2.24) is 4.31 Å². The van der Waals surface area contributed by atoms with E-state index in [1.54, 1.807) is 0 Å². The minimum atomic E-state index is -3.76. The number of rotatable bonds is 5. The number of aliphatic carboxylic acids is 1. The van der Waals surface area contributed by atoms with Gasteiger partial charge in [0.2, 0.25) is 15.9 Å². The van der Waals surface area contributed by atoms with Gasteiger partial charge < -0.3 is 10.8 Å². The lowest BCUT2D eigenvalue weighted by atomic mass is 10.2. The first kappa shape index (κ1) is 15.5. The Balaban J connectivity index is 2.28.